The molecule has 2 aromatic rings. The lowest BCUT2D eigenvalue weighted by Gasteiger charge is -2.40. The molecule has 5 heteroatoms. The van der Waals surface area contributed by atoms with Gasteiger partial charge in [-0.25, -0.2) is 9.83 Å². The zero-order chi connectivity index (χ0) is 19.6. The van der Waals surface area contributed by atoms with Crippen LogP contribution >= 0.6 is 0 Å². The molecule has 1 fully saturated rings. The second kappa shape index (κ2) is 8.22. The molecule has 144 valence electrons. The molecule has 1 aliphatic heterocycles. The monoisotopic (exact) mass is 366 g/mol. The van der Waals surface area contributed by atoms with Crippen LogP contribution in [0, 0.1) is 18.4 Å². The number of rotatable bonds is 5. The Bertz CT molecular complexity index is 901. The summed E-state index contributed by atoms with van der Waals surface area (Å²) in [4.78, 5) is 24.1. The van der Waals surface area contributed by atoms with Gasteiger partial charge in [0.2, 0.25) is 0 Å². The smallest absolute Gasteiger partial charge is 0.260 e. The fourth-order valence-electron chi connectivity index (χ4n) is 4.57. The van der Waals surface area contributed by atoms with Crippen molar-refractivity contribution in [2.24, 2.45) is 11.8 Å². The number of aromatic nitrogens is 2. The first-order chi connectivity index (χ1) is 13.0. The highest BCUT2D eigenvalue weighted by molar-refractivity contribution is 5.81. The SMILES string of the molecule is [C-]#[N+]c1ccc2nc(C(CCC)N3C[C@H](C)C[C@H](C)C3)n(CC)c(=O)c2c1. The lowest BCUT2D eigenvalue weighted by molar-refractivity contribution is 0.0836. The van der Waals surface area contributed by atoms with Crippen molar-refractivity contribution >= 4 is 16.6 Å². The summed E-state index contributed by atoms with van der Waals surface area (Å²) in [6.07, 6.45) is 3.32. The molecule has 0 aliphatic carbocycles. The third-order valence-electron chi connectivity index (χ3n) is 5.61. The van der Waals surface area contributed by atoms with E-state index < -0.39 is 0 Å². The average Bonchev–Trinajstić information content (AvgIpc) is 2.65. The van der Waals surface area contributed by atoms with E-state index >= 15 is 0 Å². The highest BCUT2D eigenvalue weighted by Crippen LogP contribution is 2.32. The summed E-state index contributed by atoms with van der Waals surface area (Å²) in [5.41, 5.74) is 1.16. The number of piperidine rings is 1. The number of hydrogen-bond donors (Lipinski definition) is 0. The summed E-state index contributed by atoms with van der Waals surface area (Å²) < 4.78 is 1.82. The van der Waals surface area contributed by atoms with Gasteiger partial charge in [0.1, 0.15) is 5.82 Å². The summed E-state index contributed by atoms with van der Waals surface area (Å²) in [5.74, 6) is 2.21. The molecule has 0 bridgehead atoms. The molecule has 0 spiro atoms. The Morgan fingerprint density at radius 3 is 2.56 bits per heavy atom. The molecule has 0 saturated carbocycles. The van der Waals surface area contributed by atoms with Crippen LogP contribution in [0.5, 0.6) is 0 Å². The number of benzene rings is 1. The zero-order valence-electron chi connectivity index (χ0n) is 16.9. The predicted octanol–water partition coefficient (Wildman–Crippen LogP) is 4.79. The van der Waals surface area contributed by atoms with Crippen LogP contribution in [0.3, 0.4) is 0 Å². The minimum absolute atomic E-state index is 0.0257. The van der Waals surface area contributed by atoms with Gasteiger partial charge in [-0.05, 0) is 43.7 Å². The second-order valence-corrected chi connectivity index (χ2v) is 8.04. The fourth-order valence-corrected chi connectivity index (χ4v) is 4.57. The minimum Gasteiger partial charge on any atom is -0.295 e. The molecular formula is C22H30N4O. The van der Waals surface area contributed by atoms with Crippen molar-refractivity contribution in [3.05, 3.63) is 45.8 Å². The molecule has 1 saturated heterocycles. The summed E-state index contributed by atoms with van der Waals surface area (Å²) in [6, 6.07) is 5.41. The van der Waals surface area contributed by atoms with E-state index in [1.165, 1.54) is 6.42 Å². The quantitative estimate of drug-likeness (QED) is 0.715. The van der Waals surface area contributed by atoms with Gasteiger partial charge in [0, 0.05) is 19.6 Å². The topological polar surface area (TPSA) is 42.5 Å². The van der Waals surface area contributed by atoms with E-state index in [9.17, 15) is 4.79 Å². The van der Waals surface area contributed by atoms with Gasteiger partial charge in [-0.1, -0.05) is 33.3 Å². The van der Waals surface area contributed by atoms with E-state index in [1.54, 1.807) is 12.1 Å². The van der Waals surface area contributed by atoms with Gasteiger partial charge in [-0.15, -0.1) is 0 Å². The molecule has 27 heavy (non-hydrogen) atoms. The van der Waals surface area contributed by atoms with E-state index in [2.05, 4.69) is 30.5 Å². The van der Waals surface area contributed by atoms with Gasteiger partial charge in [-0.3, -0.25) is 14.3 Å². The standard InChI is InChI=1S/C22H30N4O/c1-6-8-20(25-13-15(3)11-16(4)14-25)21-24-19-10-9-17(23-5)12-18(19)22(27)26(21)7-2/h9-10,12,15-16,20H,6-8,11,13-14H2,1-4H3/t15-,16+,20?. The second-order valence-electron chi connectivity index (χ2n) is 8.04. The molecule has 1 unspecified atom stereocenters. The first-order valence-corrected chi connectivity index (χ1v) is 10.1. The highest BCUT2D eigenvalue weighted by atomic mass is 16.1. The molecule has 0 amide bonds. The van der Waals surface area contributed by atoms with Crippen molar-refractivity contribution in [1.29, 1.82) is 0 Å². The maximum absolute atomic E-state index is 13.2. The average molecular weight is 367 g/mol. The molecule has 5 nitrogen and oxygen atoms in total. The lowest BCUT2D eigenvalue weighted by Crippen LogP contribution is -2.43. The normalized spacial score (nSPS) is 21.9. The summed E-state index contributed by atoms with van der Waals surface area (Å²) in [6.45, 7) is 18.8. The molecule has 3 atom stereocenters. The maximum Gasteiger partial charge on any atom is 0.260 e. The predicted molar refractivity (Wildman–Crippen MR) is 110 cm³/mol. The molecular weight excluding hydrogens is 336 g/mol. The maximum atomic E-state index is 13.2. The first-order valence-electron chi connectivity index (χ1n) is 10.1. The van der Waals surface area contributed by atoms with Gasteiger partial charge in [-0.2, -0.15) is 0 Å². The number of hydrogen-bond acceptors (Lipinski definition) is 3. The third kappa shape index (κ3) is 3.91. The molecule has 0 N–H and O–H groups in total. The van der Waals surface area contributed by atoms with Crippen LogP contribution in [0.2, 0.25) is 0 Å². The van der Waals surface area contributed by atoms with Gasteiger partial charge in [0.15, 0.2) is 5.69 Å². The summed E-state index contributed by atoms with van der Waals surface area (Å²) in [5, 5.41) is 0.546. The lowest BCUT2D eigenvalue weighted by atomic mass is 9.90. The number of nitrogens with zero attached hydrogens (tertiary/aromatic N) is 4. The third-order valence-corrected chi connectivity index (χ3v) is 5.61. The van der Waals surface area contributed by atoms with E-state index in [0.29, 0.717) is 35.0 Å². The van der Waals surface area contributed by atoms with Crippen LogP contribution in [0.1, 0.15) is 58.8 Å². The molecule has 3 rings (SSSR count). The van der Waals surface area contributed by atoms with Crippen molar-refractivity contribution in [1.82, 2.24) is 14.5 Å². The van der Waals surface area contributed by atoms with E-state index in [4.69, 9.17) is 11.6 Å². The molecule has 1 aliphatic rings. The van der Waals surface area contributed by atoms with E-state index in [-0.39, 0.29) is 11.6 Å². The molecule has 1 aromatic carbocycles. The van der Waals surface area contributed by atoms with Crippen LogP contribution in [0.4, 0.5) is 5.69 Å². The van der Waals surface area contributed by atoms with Gasteiger partial charge in [0.05, 0.1) is 23.5 Å². The summed E-state index contributed by atoms with van der Waals surface area (Å²) >= 11 is 0. The van der Waals surface area contributed by atoms with Gasteiger partial charge >= 0.3 is 0 Å². The van der Waals surface area contributed by atoms with E-state index in [0.717, 1.165) is 31.8 Å². The first kappa shape index (κ1) is 19.6. The Balaban J connectivity index is 2.14. The molecule has 1 aromatic heterocycles. The van der Waals surface area contributed by atoms with Crippen LogP contribution < -0.4 is 5.56 Å². The van der Waals surface area contributed by atoms with Gasteiger partial charge in [0.25, 0.3) is 5.56 Å². The number of fused-ring (bicyclic) bond motifs is 1. The Hall–Kier alpha value is -2.19. The number of likely N-dealkylation sites (tertiary alicyclic amines) is 1. The molecule has 0 radical (unpaired) electrons. The Labute approximate surface area is 161 Å². The molecule has 2 heterocycles. The van der Waals surface area contributed by atoms with Crippen LogP contribution in [0.15, 0.2) is 23.0 Å². The van der Waals surface area contributed by atoms with Crippen LogP contribution in [-0.2, 0) is 6.54 Å². The van der Waals surface area contributed by atoms with Crippen molar-refractivity contribution in [2.75, 3.05) is 13.1 Å². The fraction of sp³-hybridized carbons (Fsp3) is 0.591. The largest absolute Gasteiger partial charge is 0.295 e. The van der Waals surface area contributed by atoms with Crippen molar-refractivity contribution in [3.8, 4) is 0 Å². The Morgan fingerprint density at radius 1 is 1.26 bits per heavy atom. The van der Waals surface area contributed by atoms with Crippen LogP contribution in [-0.4, -0.2) is 27.5 Å². The summed E-state index contributed by atoms with van der Waals surface area (Å²) in [7, 11) is 0. The van der Waals surface area contributed by atoms with Crippen molar-refractivity contribution < 1.29 is 0 Å². The van der Waals surface area contributed by atoms with Crippen molar-refractivity contribution in [3.63, 3.8) is 0 Å². The Kier molecular flexibility index (Phi) is 5.96. The van der Waals surface area contributed by atoms with Crippen molar-refractivity contribution in [2.45, 2.75) is 59.5 Å². The van der Waals surface area contributed by atoms with Crippen LogP contribution in [0.25, 0.3) is 15.7 Å². The van der Waals surface area contributed by atoms with Gasteiger partial charge < -0.3 is 0 Å². The Morgan fingerprint density at radius 2 is 1.96 bits per heavy atom. The minimum atomic E-state index is -0.0257. The zero-order valence-corrected chi connectivity index (χ0v) is 16.9. The highest BCUT2D eigenvalue weighted by Gasteiger charge is 2.30. The van der Waals surface area contributed by atoms with E-state index in [1.807, 2.05) is 17.6 Å².